The Morgan fingerprint density at radius 2 is 1.94 bits per heavy atom. The number of hydrogen-bond acceptors (Lipinski definition) is 3. The first-order valence-corrected chi connectivity index (χ1v) is 6.36. The predicted octanol–water partition coefficient (Wildman–Crippen LogP) is 2.59. The zero-order chi connectivity index (χ0) is 13.3. The van der Waals surface area contributed by atoms with Gasteiger partial charge in [-0.05, 0) is 25.2 Å². The molecule has 4 nitrogen and oxygen atoms in total. The molecule has 0 spiro atoms. The van der Waals surface area contributed by atoms with Crippen LogP contribution in [0.4, 0.5) is 0 Å². The summed E-state index contributed by atoms with van der Waals surface area (Å²) in [6.45, 7) is 11.2. The van der Waals surface area contributed by atoms with E-state index in [0.29, 0.717) is 31.4 Å². The van der Waals surface area contributed by atoms with E-state index >= 15 is 0 Å². The molecule has 0 unspecified atom stereocenters. The molecule has 0 saturated carbocycles. The topological polar surface area (TPSA) is 50.7 Å². The third-order valence-corrected chi connectivity index (χ3v) is 2.51. The Morgan fingerprint density at radius 3 is 2.47 bits per heavy atom. The molecule has 0 aliphatic carbocycles. The van der Waals surface area contributed by atoms with Crippen LogP contribution in [-0.4, -0.2) is 24.8 Å². The van der Waals surface area contributed by atoms with Gasteiger partial charge in [-0.1, -0.05) is 32.9 Å². The Morgan fingerprint density at radius 1 is 1.29 bits per heavy atom. The van der Waals surface area contributed by atoms with Crippen LogP contribution in [0.3, 0.4) is 0 Å². The highest BCUT2D eigenvalue weighted by Crippen LogP contribution is 2.02. The molecule has 0 bridgehead atoms. The van der Waals surface area contributed by atoms with Gasteiger partial charge in [0.25, 0.3) is 0 Å². The summed E-state index contributed by atoms with van der Waals surface area (Å²) in [5, 5.41) is 6.77. The molecular formula is C13H26N2O2. The van der Waals surface area contributed by atoms with Crippen molar-refractivity contribution in [1.82, 2.24) is 5.32 Å². The molecule has 100 valence electrons. The lowest BCUT2D eigenvalue weighted by Crippen LogP contribution is -2.26. The minimum absolute atomic E-state index is 0.0897. The minimum Gasteiger partial charge on any atom is -0.394 e. The SMILES string of the molecule is C/C(=N\OCCNC(=O)CCC(C)C)C(C)C. The molecule has 0 heterocycles. The van der Waals surface area contributed by atoms with E-state index < -0.39 is 0 Å². The number of nitrogens with one attached hydrogen (secondary N) is 1. The van der Waals surface area contributed by atoms with Crippen LogP contribution < -0.4 is 5.32 Å². The predicted molar refractivity (Wildman–Crippen MR) is 71.0 cm³/mol. The Bertz CT molecular complexity index is 248. The first-order valence-electron chi connectivity index (χ1n) is 6.36. The van der Waals surface area contributed by atoms with Gasteiger partial charge in [0.2, 0.25) is 5.91 Å². The van der Waals surface area contributed by atoms with Crippen molar-refractivity contribution in [3.63, 3.8) is 0 Å². The van der Waals surface area contributed by atoms with E-state index in [0.717, 1.165) is 12.1 Å². The van der Waals surface area contributed by atoms with Crippen molar-refractivity contribution in [3.8, 4) is 0 Å². The highest BCUT2D eigenvalue weighted by Gasteiger charge is 2.02. The van der Waals surface area contributed by atoms with Crippen LogP contribution in [0.5, 0.6) is 0 Å². The summed E-state index contributed by atoms with van der Waals surface area (Å²) in [7, 11) is 0. The average Bonchev–Trinajstić information content (AvgIpc) is 2.25. The third kappa shape index (κ3) is 9.85. The van der Waals surface area contributed by atoms with Crippen LogP contribution >= 0.6 is 0 Å². The van der Waals surface area contributed by atoms with E-state index in [2.05, 4.69) is 38.2 Å². The maximum atomic E-state index is 11.4. The highest BCUT2D eigenvalue weighted by atomic mass is 16.6. The number of carbonyl (C=O) groups excluding carboxylic acids is 1. The molecular weight excluding hydrogens is 216 g/mol. The lowest BCUT2D eigenvalue weighted by Gasteiger charge is -2.07. The number of carbonyl (C=O) groups is 1. The van der Waals surface area contributed by atoms with E-state index in [1.165, 1.54) is 0 Å². The molecule has 0 aromatic rings. The first kappa shape index (κ1) is 15.9. The van der Waals surface area contributed by atoms with E-state index in [9.17, 15) is 4.79 Å². The molecule has 17 heavy (non-hydrogen) atoms. The Kier molecular flexibility index (Phi) is 8.46. The molecule has 0 fully saturated rings. The van der Waals surface area contributed by atoms with Crippen molar-refractivity contribution >= 4 is 11.6 Å². The van der Waals surface area contributed by atoms with Gasteiger partial charge in [-0.3, -0.25) is 4.79 Å². The van der Waals surface area contributed by atoms with Crippen molar-refractivity contribution in [2.45, 2.75) is 47.5 Å². The largest absolute Gasteiger partial charge is 0.394 e. The molecule has 0 atom stereocenters. The fraction of sp³-hybridized carbons (Fsp3) is 0.846. The standard InChI is InChI=1S/C13H26N2O2/c1-10(2)6-7-13(16)14-8-9-17-15-12(5)11(3)4/h10-11H,6-9H2,1-5H3,(H,14,16)/b15-12+. The van der Waals surface area contributed by atoms with Crippen molar-refractivity contribution in [3.05, 3.63) is 0 Å². The van der Waals surface area contributed by atoms with E-state index in [4.69, 9.17) is 4.84 Å². The molecule has 0 rings (SSSR count). The van der Waals surface area contributed by atoms with Gasteiger partial charge in [-0.25, -0.2) is 0 Å². The first-order chi connectivity index (χ1) is 7.93. The van der Waals surface area contributed by atoms with Crippen LogP contribution in [-0.2, 0) is 9.63 Å². The summed E-state index contributed by atoms with van der Waals surface area (Å²) in [6, 6.07) is 0. The van der Waals surface area contributed by atoms with Gasteiger partial charge >= 0.3 is 0 Å². The molecule has 1 amide bonds. The average molecular weight is 242 g/mol. The Balaban J connectivity index is 3.52. The van der Waals surface area contributed by atoms with Crippen LogP contribution in [0.1, 0.15) is 47.5 Å². The fourth-order valence-corrected chi connectivity index (χ4v) is 0.997. The number of rotatable bonds is 8. The summed E-state index contributed by atoms with van der Waals surface area (Å²) in [6.07, 6.45) is 1.52. The lowest BCUT2D eigenvalue weighted by atomic mass is 10.1. The molecule has 0 aromatic carbocycles. The van der Waals surface area contributed by atoms with Gasteiger partial charge in [0.1, 0.15) is 6.61 Å². The normalized spacial score (nSPS) is 12.1. The van der Waals surface area contributed by atoms with Crippen LogP contribution in [0.25, 0.3) is 0 Å². The summed E-state index contributed by atoms with van der Waals surface area (Å²) in [5.41, 5.74) is 0.969. The van der Waals surface area contributed by atoms with E-state index in [-0.39, 0.29) is 5.91 Å². The van der Waals surface area contributed by atoms with Gasteiger partial charge in [-0.15, -0.1) is 0 Å². The number of oxime groups is 1. The molecule has 0 aliphatic rings. The van der Waals surface area contributed by atoms with Crippen LogP contribution in [0.15, 0.2) is 5.16 Å². The molecule has 1 N–H and O–H groups in total. The van der Waals surface area contributed by atoms with Crippen LogP contribution in [0.2, 0.25) is 0 Å². The zero-order valence-corrected chi connectivity index (χ0v) is 11.7. The maximum Gasteiger partial charge on any atom is 0.220 e. The fourth-order valence-electron chi connectivity index (χ4n) is 0.997. The molecule has 4 heteroatoms. The van der Waals surface area contributed by atoms with E-state index in [1.807, 2.05) is 6.92 Å². The second kappa shape index (κ2) is 9.02. The smallest absolute Gasteiger partial charge is 0.220 e. The summed E-state index contributed by atoms with van der Waals surface area (Å²) in [4.78, 5) is 16.5. The van der Waals surface area contributed by atoms with Gasteiger partial charge in [0.05, 0.1) is 12.3 Å². The monoisotopic (exact) mass is 242 g/mol. The second-order valence-electron chi connectivity index (χ2n) is 5.00. The summed E-state index contributed by atoms with van der Waals surface area (Å²) >= 11 is 0. The zero-order valence-electron chi connectivity index (χ0n) is 11.7. The Labute approximate surface area is 105 Å². The van der Waals surface area contributed by atoms with Crippen molar-refractivity contribution in [1.29, 1.82) is 0 Å². The third-order valence-electron chi connectivity index (χ3n) is 2.51. The molecule has 0 radical (unpaired) electrons. The van der Waals surface area contributed by atoms with E-state index in [1.54, 1.807) is 0 Å². The molecule has 0 aromatic heterocycles. The van der Waals surface area contributed by atoms with Crippen molar-refractivity contribution in [2.24, 2.45) is 17.0 Å². The van der Waals surface area contributed by atoms with Crippen LogP contribution in [0, 0.1) is 11.8 Å². The molecule has 0 aliphatic heterocycles. The van der Waals surface area contributed by atoms with Crippen molar-refractivity contribution in [2.75, 3.05) is 13.2 Å². The maximum absolute atomic E-state index is 11.4. The highest BCUT2D eigenvalue weighted by molar-refractivity contribution is 5.83. The summed E-state index contributed by atoms with van der Waals surface area (Å²) < 4.78 is 0. The number of amides is 1. The minimum atomic E-state index is 0.0897. The quantitative estimate of drug-likeness (QED) is 0.404. The molecule has 0 saturated heterocycles. The lowest BCUT2D eigenvalue weighted by molar-refractivity contribution is -0.121. The second-order valence-corrected chi connectivity index (χ2v) is 5.00. The summed E-state index contributed by atoms with van der Waals surface area (Å²) in [5.74, 6) is 1.05. The number of hydrogen-bond donors (Lipinski definition) is 1. The van der Waals surface area contributed by atoms with Gasteiger partial charge < -0.3 is 10.2 Å². The van der Waals surface area contributed by atoms with Gasteiger partial charge in [-0.2, -0.15) is 0 Å². The van der Waals surface area contributed by atoms with Crippen molar-refractivity contribution < 1.29 is 9.63 Å². The number of nitrogens with zero attached hydrogens (tertiary/aromatic N) is 1. The van der Waals surface area contributed by atoms with Gasteiger partial charge in [0.15, 0.2) is 0 Å². The Hall–Kier alpha value is -1.06. The van der Waals surface area contributed by atoms with Gasteiger partial charge in [0, 0.05) is 6.42 Å².